The topological polar surface area (TPSA) is 17.8 Å². The van der Waals surface area contributed by atoms with Gasteiger partial charge in [0.2, 0.25) is 0 Å². The first-order valence-corrected chi connectivity index (χ1v) is 5.31. The monoisotopic (exact) mass is 270 g/mol. The Morgan fingerprint density at radius 1 is 1.36 bits per heavy atom. The van der Waals surface area contributed by atoms with Crippen molar-refractivity contribution in [2.45, 2.75) is 6.92 Å². The third kappa shape index (κ3) is 1.83. The maximum atomic E-state index is 5.98. The molecule has 0 aliphatic rings. The van der Waals surface area contributed by atoms with Gasteiger partial charge in [-0.2, -0.15) is 5.10 Å². The van der Waals surface area contributed by atoms with Gasteiger partial charge in [0, 0.05) is 10.7 Å². The summed E-state index contributed by atoms with van der Waals surface area (Å²) in [5.41, 5.74) is 1.95. The van der Waals surface area contributed by atoms with E-state index in [-0.39, 0.29) is 0 Å². The lowest BCUT2D eigenvalue weighted by Crippen LogP contribution is -1.94. The molecule has 0 aliphatic heterocycles. The minimum Gasteiger partial charge on any atom is -0.241 e. The van der Waals surface area contributed by atoms with Crippen molar-refractivity contribution in [3.63, 3.8) is 0 Å². The third-order valence-corrected chi connectivity index (χ3v) is 3.12. The summed E-state index contributed by atoms with van der Waals surface area (Å²) in [6.45, 7) is 1.96. The highest BCUT2D eigenvalue weighted by molar-refractivity contribution is 9.10. The zero-order valence-electron chi connectivity index (χ0n) is 7.54. The number of hydrogen-bond donors (Lipinski definition) is 0. The summed E-state index contributed by atoms with van der Waals surface area (Å²) in [7, 11) is 0. The van der Waals surface area contributed by atoms with E-state index < -0.39 is 0 Å². The molecule has 1 heterocycles. The molecule has 0 spiro atoms. The first-order valence-electron chi connectivity index (χ1n) is 4.14. The Hall–Kier alpha value is -0.800. The van der Waals surface area contributed by atoms with Gasteiger partial charge in [0.1, 0.15) is 0 Å². The summed E-state index contributed by atoms with van der Waals surface area (Å²) in [6.07, 6.45) is 1.91. The average molecular weight is 272 g/mol. The Labute approximate surface area is 95.6 Å². The fraction of sp³-hybridized carbons (Fsp3) is 0.100. The Balaban J connectivity index is 2.47. The highest BCUT2D eigenvalue weighted by Gasteiger charge is 2.01. The molecule has 0 N–H and O–H groups in total. The van der Waals surface area contributed by atoms with Gasteiger partial charge in [-0.3, -0.25) is 0 Å². The van der Waals surface area contributed by atoms with Crippen LogP contribution in [0.25, 0.3) is 5.69 Å². The van der Waals surface area contributed by atoms with Gasteiger partial charge in [-0.1, -0.05) is 11.6 Å². The summed E-state index contributed by atoms with van der Waals surface area (Å²) < 4.78 is 2.69. The van der Waals surface area contributed by atoms with Gasteiger partial charge in [0.15, 0.2) is 0 Å². The molecule has 2 nitrogen and oxygen atoms in total. The van der Waals surface area contributed by atoms with Crippen molar-refractivity contribution in [1.29, 1.82) is 0 Å². The highest BCUT2D eigenvalue weighted by Crippen LogP contribution is 2.24. The molecule has 0 unspecified atom stereocenters. The first-order chi connectivity index (χ1) is 6.66. The zero-order chi connectivity index (χ0) is 10.1. The first kappa shape index (κ1) is 9.74. The largest absolute Gasteiger partial charge is 0.241 e. The SMILES string of the molecule is Cc1ccn(-c2ccc(Br)c(Cl)c2)n1. The van der Waals surface area contributed by atoms with Crippen LogP contribution in [0.3, 0.4) is 0 Å². The van der Waals surface area contributed by atoms with E-state index in [9.17, 15) is 0 Å². The van der Waals surface area contributed by atoms with Gasteiger partial charge in [0.25, 0.3) is 0 Å². The van der Waals surface area contributed by atoms with E-state index >= 15 is 0 Å². The van der Waals surface area contributed by atoms with Gasteiger partial charge in [0.05, 0.1) is 16.4 Å². The van der Waals surface area contributed by atoms with Crippen LogP contribution >= 0.6 is 27.5 Å². The Bertz CT molecular complexity index is 465. The molecule has 4 heteroatoms. The van der Waals surface area contributed by atoms with Crippen LogP contribution in [-0.2, 0) is 0 Å². The zero-order valence-corrected chi connectivity index (χ0v) is 9.88. The Morgan fingerprint density at radius 2 is 2.14 bits per heavy atom. The molecule has 0 atom stereocenters. The van der Waals surface area contributed by atoms with Crippen LogP contribution in [0.5, 0.6) is 0 Å². The molecule has 1 aromatic heterocycles. The van der Waals surface area contributed by atoms with Crippen molar-refractivity contribution in [2.75, 3.05) is 0 Å². The number of nitrogens with zero attached hydrogens (tertiary/aromatic N) is 2. The van der Waals surface area contributed by atoms with E-state index in [0.717, 1.165) is 15.9 Å². The van der Waals surface area contributed by atoms with Crippen LogP contribution in [0.15, 0.2) is 34.9 Å². The fourth-order valence-corrected chi connectivity index (χ4v) is 1.61. The standard InChI is InChI=1S/C10H8BrClN2/c1-7-4-5-14(13-7)8-2-3-9(11)10(12)6-8/h2-6H,1H3. The Morgan fingerprint density at radius 3 is 2.71 bits per heavy atom. The van der Waals surface area contributed by atoms with Crippen molar-refractivity contribution in [1.82, 2.24) is 9.78 Å². The van der Waals surface area contributed by atoms with E-state index in [2.05, 4.69) is 21.0 Å². The fourth-order valence-electron chi connectivity index (χ4n) is 1.19. The van der Waals surface area contributed by atoms with Crippen LogP contribution in [0.1, 0.15) is 5.69 Å². The summed E-state index contributed by atoms with van der Waals surface area (Å²) in [4.78, 5) is 0. The van der Waals surface area contributed by atoms with Gasteiger partial charge in [-0.05, 0) is 47.1 Å². The quantitative estimate of drug-likeness (QED) is 0.775. The molecule has 1 aromatic carbocycles. The normalized spacial score (nSPS) is 10.5. The van der Waals surface area contributed by atoms with Gasteiger partial charge < -0.3 is 0 Å². The number of benzene rings is 1. The molecule has 0 amide bonds. The van der Waals surface area contributed by atoms with E-state index in [1.807, 2.05) is 37.4 Å². The predicted molar refractivity (Wildman–Crippen MR) is 61.0 cm³/mol. The van der Waals surface area contributed by atoms with Gasteiger partial charge in [-0.15, -0.1) is 0 Å². The number of halogens is 2. The molecule has 0 radical (unpaired) electrons. The molecule has 2 aromatic rings. The average Bonchev–Trinajstić information content (AvgIpc) is 2.57. The van der Waals surface area contributed by atoms with Gasteiger partial charge in [-0.25, -0.2) is 4.68 Å². The smallest absolute Gasteiger partial charge is 0.0661 e. The minimum atomic E-state index is 0.690. The van der Waals surface area contributed by atoms with Crippen molar-refractivity contribution in [3.8, 4) is 5.69 Å². The second-order valence-corrected chi connectivity index (χ2v) is 4.26. The molecule has 2 rings (SSSR count). The van der Waals surface area contributed by atoms with Crippen LogP contribution in [-0.4, -0.2) is 9.78 Å². The van der Waals surface area contributed by atoms with Crippen LogP contribution in [0.4, 0.5) is 0 Å². The predicted octanol–water partition coefficient (Wildman–Crippen LogP) is 3.60. The molecule has 0 saturated carbocycles. The molecule has 72 valence electrons. The number of aryl methyl sites for hydroxylation is 1. The maximum absolute atomic E-state index is 5.98. The van der Waals surface area contributed by atoms with E-state index in [4.69, 9.17) is 11.6 Å². The lowest BCUT2D eigenvalue weighted by Gasteiger charge is -2.02. The molecular weight excluding hydrogens is 263 g/mol. The van der Waals surface area contributed by atoms with Crippen molar-refractivity contribution in [3.05, 3.63) is 45.7 Å². The summed E-state index contributed by atoms with van der Waals surface area (Å²) >= 11 is 9.33. The summed E-state index contributed by atoms with van der Waals surface area (Å²) in [5.74, 6) is 0. The molecule has 0 saturated heterocycles. The molecule has 0 aliphatic carbocycles. The van der Waals surface area contributed by atoms with E-state index in [1.54, 1.807) is 4.68 Å². The second kappa shape index (κ2) is 3.75. The minimum absolute atomic E-state index is 0.690. The van der Waals surface area contributed by atoms with Crippen molar-refractivity contribution >= 4 is 27.5 Å². The molecule has 0 fully saturated rings. The summed E-state index contributed by atoms with van der Waals surface area (Å²) in [5, 5.41) is 4.98. The van der Waals surface area contributed by atoms with Crippen molar-refractivity contribution < 1.29 is 0 Å². The van der Waals surface area contributed by atoms with Crippen LogP contribution in [0, 0.1) is 6.92 Å². The van der Waals surface area contributed by atoms with E-state index in [0.29, 0.717) is 5.02 Å². The van der Waals surface area contributed by atoms with Crippen LogP contribution in [0.2, 0.25) is 5.02 Å². The second-order valence-electron chi connectivity index (χ2n) is 3.00. The van der Waals surface area contributed by atoms with Crippen molar-refractivity contribution in [2.24, 2.45) is 0 Å². The van der Waals surface area contributed by atoms with Gasteiger partial charge >= 0.3 is 0 Å². The Kier molecular flexibility index (Phi) is 2.61. The van der Waals surface area contributed by atoms with Crippen LogP contribution < -0.4 is 0 Å². The lowest BCUT2D eigenvalue weighted by atomic mass is 10.3. The lowest BCUT2D eigenvalue weighted by molar-refractivity contribution is 0.862. The highest BCUT2D eigenvalue weighted by atomic mass is 79.9. The maximum Gasteiger partial charge on any atom is 0.0661 e. The molecule has 0 bridgehead atoms. The molecule has 14 heavy (non-hydrogen) atoms. The van der Waals surface area contributed by atoms with E-state index in [1.165, 1.54) is 0 Å². The number of rotatable bonds is 1. The number of hydrogen-bond acceptors (Lipinski definition) is 1. The third-order valence-electron chi connectivity index (χ3n) is 1.89. The number of aromatic nitrogens is 2. The summed E-state index contributed by atoms with van der Waals surface area (Å²) in [6, 6.07) is 7.70. The molecular formula is C10H8BrClN2.